The van der Waals surface area contributed by atoms with Crippen LogP contribution in [-0.4, -0.2) is 5.78 Å². The van der Waals surface area contributed by atoms with Crippen molar-refractivity contribution in [2.45, 2.75) is 19.3 Å². The molecule has 2 heteroatoms. The minimum atomic E-state index is 0.0449. The van der Waals surface area contributed by atoms with E-state index in [4.69, 9.17) is 4.42 Å². The van der Waals surface area contributed by atoms with Gasteiger partial charge in [-0.1, -0.05) is 12.1 Å². The third kappa shape index (κ3) is 1.47. The van der Waals surface area contributed by atoms with Crippen LogP contribution >= 0.6 is 0 Å². The van der Waals surface area contributed by atoms with Crippen LogP contribution in [0, 0.1) is 0 Å². The zero-order valence-corrected chi connectivity index (χ0v) is 8.90. The van der Waals surface area contributed by atoms with Crippen LogP contribution in [0.1, 0.15) is 33.5 Å². The molecule has 0 aliphatic heterocycles. The van der Waals surface area contributed by atoms with Gasteiger partial charge in [0.25, 0.3) is 0 Å². The van der Waals surface area contributed by atoms with Crippen LogP contribution in [0.5, 0.6) is 0 Å². The summed E-state index contributed by atoms with van der Waals surface area (Å²) in [6, 6.07) is 7.72. The summed E-state index contributed by atoms with van der Waals surface area (Å²) >= 11 is 0. The van der Waals surface area contributed by atoms with Crippen LogP contribution in [0.4, 0.5) is 0 Å². The third-order valence-corrected chi connectivity index (χ3v) is 3.14. The SMILES string of the molecule is O=C(c1ccoc1)c1ccc2c(c1)CCC2. The van der Waals surface area contributed by atoms with Gasteiger partial charge < -0.3 is 4.42 Å². The zero-order chi connectivity index (χ0) is 11.0. The molecule has 0 N–H and O–H groups in total. The van der Waals surface area contributed by atoms with Crippen LogP contribution in [-0.2, 0) is 12.8 Å². The van der Waals surface area contributed by atoms with Gasteiger partial charge in [0.1, 0.15) is 6.26 Å². The van der Waals surface area contributed by atoms with Crippen molar-refractivity contribution >= 4 is 5.78 Å². The van der Waals surface area contributed by atoms with Gasteiger partial charge in [0.05, 0.1) is 11.8 Å². The van der Waals surface area contributed by atoms with Crippen LogP contribution in [0.3, 0.4) is 0 Å². The largest absolute Gasteiger partial charge is 0.472 e. The number of rotatable bonds is 2. The van der Waals surface area contributed by atoms with Gasteiger partial charge in [-0.2, -0.15) is 0 Å². The van der Waals surface area contributed by atoms with Gasteiger partial charge in [0.2, 0.25) is 0 Å². The first-order valence-corrected chi connectivity index (χ1v) is 5.53. The first kappa shape index (κ1) is 9.40. The summed E-state index contributed by atoms with van der Waals surface area (Å²) < 4.78 is 4.93. The molecule has 2 aromatic rings. The third-order valence-electron chi connectivity index (χ3n) is 3.14. The number of carbonyl (C=O) groups excluding carboxylic acids is 1. The molecule has 0 bridgehead atoms. The highest BCUT2D eigenvalue weighted by molar-refractivity contribution is 6.08. The van der Waals surface area contributed by atoms with E-state index in [0.29, 0.717) is 5.56 Å². The number of hydrogen-bond acceptors (Lipinski definition) is 2. The summed E-state index contributed by atoms with van der Waals surface area (Å²) in [6.07, 6.45) is 6.48. The molecule has 0 spiro atoms. The first-order chi connectivity index (χ1) is 7.84. The molecule has 0 amide bonds. The number of furan rings is 1. The lowest BCUT2D eigenvalue weighted by Gasteiger charge is -2.02. The van der Waals surface area contributed by atoms with Crippen molar-refractivity contribution in [1.29, 1.82) is 0 Å². The number of fused-ring (bicyclic) bond motifs is 1. The van der Waals surface area contributed by atoms with Crippen molar-refractivity contribution in [2.75, 3.05) is 0 Å². The predicted molar refractivity (Wildman–Crippen MR) is 60.6 cm³/mol. The van der Waals surface area contributed by atoms with E-state index in [-0.39, 0.29) is 5.78 Å². The van der Waals surface area contributed by atoms with Gasteiger partial charge in [-0.25, -0.2) is 0 Å². The quantitative estimate of drug-likeness (QED) is 0.716. The molecule has 0 unspecified atom stereocenters. The number of ketones is 1. The number of carbonyl (C=O) groups is 1. The van der Waals surface area contributed by atoms with Gasteiger partial charge in [-0.05, 0) is 42.5 Å². The van der Waals surface area contributed by atoms with E-state index in [2.05, 4.69) is 6.07 Å². The highest BCUT2D eigenvalue weighted by atomic mass is 16.3. The molecule has 0 atom stereocenters. The Morgan fingerprint density at radius 2 is 1.94 bits per heavy atom. The maximum absolute atomic E-state index is 12.0. The van der Waals surface area contributed by atoms with Crippen LogP contribution in [0.15, 0.2) is 41.2 Å². The summed E-state index contributed by atoms with van der Waals surface area (Å²) in [5.41, 5.74) is 4.11. The van der Waals surface area contributed by atoms with Crippen molar-refractivity contribution in [1.82, 2.24) is 0 Å². The second kappa shape index (κ2) is 3.63. The van der Waals surface area contributed by atoms with Gasteiger partial charge in [-0.3, -0.25) is 4.79 Å². The molecule has 1 aromatic heterocycles. The summed E-state index contributed by atoms with van der Waals surface area (Å²) in [7, 11) is 0. The predicted octanol–water partition coefficient (Wildman–Crippen LogP) is 3.00. The molecule has 16 heavy (non-hydrogen) atoms. The smallest absolute Gasteiger partial charge is 0.196 e. The Morgan fingerprint density at radius 1 is 1.06 bits per heavy atom. The Bertz CT molecular complexity index is 524. The lowest BCUT2D eigenvalue weighted by Crippen LogP contribution is -2.00. The highest BCUT2D eigenvalue weighted by Gasteiger charge is 2.15. The fourth-order valence-electron chi connectivity index (χ4n) is 2.27. The summed E-state index contributed by atoms with van der Waals surface area (Å²) in [5.74, 6) is 0.0449. The Morgan fingerprint density at radius 3 is 2.75 bits per heavy atom. The van der Waals surface area contributed by atoms with Crippen molar-refractivity contribution < 1.29 is 9.21 Å². The monoisotopic (exact) mass is 212 g/mol. The molecule has 1 aromatic carbocycles. The molecule has 2 nitrogen and oxygen atoms in total. The summed E-state index contributed by atoms with van der Waals surface area (Å²) in [5, 5.41) is 0. The highest BCUT2D eigenvalue weighted by Crippen LogP contribution is 2.23. The maximum Gasteiger partial charge on any atom is 0.196 e. The van der Waals surface area contributed by atoms with Crippen LogP contribution < -0.4 is 0 Å². The fraction of sp³-hybridized carbons (Fsp3) is 0.214. The Kier molecular flexibility index (Phi) is 2.13. The molecule has 0 saturated heterocycles. The Labute approximate surface area is 93.9 Å². The van der Waals surface area contributed by atoms with E-state index in [1.54, 1.807) is 6.07 Å². The standard InChI is InChI=1S/C14H12O2/c15-14(13-6-7-16-9-13)12-5-4-10-2-1-3-11(10)8-12/h4-9H,1-3H2. The van der Waals surface area contributed by atoms with Crippen LogP contribution in [0.25, 0.3) is 0 Å². The topological polar surface area (TPSA) is 30.2 Å². The van der Waals surface area contributed by atoms with Gasteiger partial charge in [0, 0.05) is 5.56 Å². The second-order valence-electron chi connectivity index (χ2n) is 4.18. The molecule has 80 valence electrons. The fourth-order valence-corrected chi connectivity index (χ4v) is 2.27. The van der Waals surface area contributed by atoms with E-state index in [9.17, 15) is 4.79 Å². The lowest BCUT2D eigenvalue weighted by atomic mass is 10.0. The lowest BCUT2D eigenvalue weighted by molar-refractivity contribution is 0.103. The van der Waals surface area contributed by atoms with E-state index >= 15 is 0 Å². The van der Waals surface area contributed by atoms with E-state index in [1.807, 2.05) is 12.1 Å². The summed E-state index contributed by atoms with van der Waals surface area (Å²) in [4.78, 5) is 12.0. The Hall–Kier alpha value is -1.83. The molecule has 0 radical (unpaired) electrons. The molecule has 3 rings (SSSR count). The van der Waals surface area contributed by atoms with E-state index in [0.717, 1.165) is 18.4 Å². The normalized spacial score (nSPS) is 13.8. The van der Waals surface area contributed by atoms with Crippen molar-refractivity contribution in [3.63, 3.8) is 0 Å². The van der Waals surface area contributed by atoms with Crippen molar-refractivity contribution in [3.8, 4) is 0 Å². The molecule has 1 heterocycles. The van der Waals surface area contributed by atoms with Crippen molar-refractivity contribution in [3.05, 3.63) is 59.0 Å². The Balaban J connectivity index is 1.99. The number of aryl methyl sites for hydroxylation is 2. The molecule has 0 fully saturated rings. The number of hydrogen-bond donors (Lipinski definition) is 0. The number of benzene rings is 1. The maximum atomic E-state index is 12.0. The minimum Gasteiger partial charge on any atom is -0.472 e. The molecule has 1 aliphatic carbocycles. The first-order valence-electron chi connectivity index (χ1n) is 5.53. The minimum absolute atomic E-state index is 0.0449. The van der Waals surface area contributed by atoms with E-state index < -0.39 is 0 Å². The van der Waals surface area contributed by atoms with E-state index in [1.165, 1.54) is 30.1 Å². The van der Waals surface area contributed by atoms with Gasteiger partial charge in [-0.15, -0.1) is 0 Å². The summed E-state index contributed by atoms with van der Waals surface area (Å²) in [6.45, 7) is 0. The zero-order valence-electron chi connectivity index (χ0n) is 8.90. The molecular formula is C14H12O2. The van der Waals surface area contributed by atoms with Crippen LogP contribution in [0.2, 0.25) is 0 Å². The second-order valence-corrected chi connectivity index (χ2v) is 4.18. The molecule has 0 saturated carbocycles. The molecular weight excluding hydrogens is 200 g/mol. The average molecular weight is 212 g/mol. The van der Waals surface area contributed by atoms with Crippen molar-refractivity contribution in [2.24, 2.45) is 0 Å². The molecule has 1 aliphatic rings. The van der Waals surface area contributed by atoms with Gasteiger partial charge in [0.15, 0.2) is 5.78 Å². The van der Waals surface area contributed by atoms with Gasteiger partial charge >= 0.3 is 0 Å². The average Bonchev–Trinajstić information content (AvgIpc) is 2.98.